The zero-order chi connectivity index (χ0) is 17.9. The van der Waals surface area contributed by atoms with E-state index in [1.807, 2.05) is 27.7 Å². The molecule has 24 heavy (non-hydrogen) atoms. The maximum Gasteiger partial charge on any atom is 0.304 e. The summed E-state index contributed by atoms with van der Waals surface area (Å²) < 4.78 is 5.96. The number of hydrogen-bond acceptors (Lipinski definition) is 4. The molecule has 1 N–H and O–H groups in total. The first-order valence-electron chi connectivity index (χ1n) is 8.50. The van der Waals surface area contributed by atoms with Crippen LogP contribution in [-0.4, -0.2) is 22.6 Å². The largest absolute Gasteiger partial charge is 0.481 e. The summed E-state index contributed by atoms with van der Waals surface area (Å²) in [6, 6.07) is 0. The first-order chi connectivity index (χ1) is 11.0. The normalized spacial score (nSPS) is 26.0. The van der Waals surface area contributed by atoms with Gasteiger partial charge in [0, 0.05) is 40.7 Å². The molecule has 1 heterocycles. The molecule has 0 fully saturated rings. The summed E-state index contributed by atoms with van der Waals surface area (Å²) in [6.07, 6.45) is 2.32. The maximum atomic E-state index is 13.0. The fourth-order valence-corrected chi connectivity index (χ4v) is 3.92. The molecule has 0 bridgehead atoms. The SMILES string of the molecule is CC1(C)CCC2=C(C1=O)C(CC(=O)O)C1=C(CCC(C)(C)C1=O)O2. The minimum Gasteiger partial charge on any atom is -0.481 e. The van der Waals surface area contributed by atoms with Crippen LogP contribution in [0.3, 0.4) is 0 Å². The van der Waals surface area contributed by atoms with Crippen LogP contribution in [0.15, 0.2) is 22.7 Å². The van der Waals surface area contributed by atoms with Crippen molar-refractivity contribution in [1.29, 1.82) is 0 Å². The monoisotopic (exact) mass is 332 g/mol. The molecule has 2 aliphatic carbocycles. The molecule has 5 nitrogen and oxygen atoms in total. The van der Waals surface area contributed by atoms with Crippen LogP contribution in [0.2, 0.25) is 0 Å². The van der Waals surface area contributed by atoms with Gasteiger partial charge in [-0.05, 0) is 12.8 Å². The number of allylic oxidation sites excluding steroid dienone is 4. The molecule has 0 unspecified atom stereocenters. The number of ketones is 2. The van der Waals surface area contributed by atoms with Gasteiger partial charge in [0.2, 0.25) is 0 Å². The Hall–Kier alpha value is -1.91. The van der Waals surface area contributed by atoms with E-state index < -0.39 is 22.7 Å². The van der Waals surface area contributed by atoms with Crippen LogP contribution in [-0.2, 0) is 19.1 Å². The van der Waals surface area contributed by atoms with E-state index in [0.717, 1.165) is 0 Å². The van der Waals surface area contributed by atoms with Gasteiger partial charge in [-0.15, -0.1) is 0 Å². The number of carbonyl (C=O) groups is 3. The molecular formula is C19H24O5. The van der Waals surface area contributed by atoms with Crippen molar-refractivity contribution in [3.8, 4) is 0 Å². The van der Waals surface area contributed by atoms with E-state index in [1.54, 1.807) is 0 Å². The molecule has 0 aromatic rings. The lowest BCUT2D eigenvalue weighted by Crippen LogP contribution is -2.42. The van der Waals surface area contributed by atoms with Gasteiger partial charge < -0.3 is 9.84 Å². The van der Waals surface area contributed by atoms with E-state index in [0.29, 0.717) is 48.3 Å². The Bertz CT molecular complexity index is 653. The van der Waals surface area contributed by atoms with E-state index >= 15 is 0 Å². The second kappa shape index (κ2) is 5.30. The van der Waals surface area contributed by atoms with E-state index in [2.05, 4.69) is 0 Å². The topological polar surface area (TPSA) is 80.7 Å². The third-order valence-electron chi connectivity index (χ3n) is 5.60. The Morgan fingerprint density at radius 3 is 1.79 bits per heavy atom. The van der Waals surface area contributed by atoms with Gasteiger partial charge in [-0.1, -0.05) is 27.7 Å². The van der Waals surface area contributed by atoms with Gasteiger partial charge in [-0.3, -0.25) is 14.4 Å². The Kier molecular flexibility index (Phi) is 3.74. The highest BCUT2D eigenvalue weighted by Gasteiger charge is 2.49. The maximum absolute atomic E-state index is 13.0. The second-order valence-corrected chi connectivity index (χ2v) is 8.35. The first-order valence-corrected chi connectivity index (χ1v) is 8.50. The van der Waals surface area contributed by atoms with Crippen molar-refractivity contribution in [2.75, 3.05) is 0 Å². The van der Waals surface area contributed by atoms with Crippen molar-refractivity contribution in [1.82, 2.24) is 0 Å². The van der Waals surface area contributed by atoms with Crippen LogP contribution in [0, 0.1) is 16.7 Å². The van der Waals surface area contributed by atoms with Crippen LogP contribution >= 0.6 is 0 Å². The Labute approximate surface area is 141 Å². The third-order valence-corrected chi connectivity index (χ3v) is 5.60. The summed E-state index contributed by atoms with van der Waals surface area (Å²) >= 11 is 0. The van der Waals surface area contributed by atoms with Crippen molar-refractivity contribution in [2.24, 2.45) is 16.7 Å². The number of rotatable bonds is 2. The fourth-order valence-electron chi connectivity index (χ4n) is 3.92. The van der Waals surface area contributed by atoms with Crippen molar-refractivity contribution in [3.05, 3.63) is 22.7 Å². The lowest BCUT2D eigenvalue weighted by molar-refractivity contribution is -0.138. The summed E-state index contributed by atoms with van der Waals surface area (Å²) in [6.45, 7) is 7.47. The molecule has 0 amide bonds. The van der Waals surface area contributed by atoms with Crippen molar-refractivity contribution in [3.63, 3.8) is 0 Å². The highest BCUT2D eigenvalue weighted by atomic mass is 16.5. The highest BCUT2D eigenvalue weighted by molar-refractivity contribution is 6.08. The number of aliphatic carboxylic acids is 1. The lowest BCUT2D eigenvalue weighted by Gasteiger charge is -2.42. The number of carboxylic acids is 1. The minimum absolute atomic E-state index is 0.0854. The molecule has 0 spiro atoms. The van der Waals surface area contributed by atoms with Crippen LogP contribution in [0.4, 0.5) is 0 Å². The van der Waals surface area contributed by atoms with Crippen LogP contribution in [0.1, 0.15) is 59.8 Å². The average molecular weight is 332 g/mol. The number of hydrogen-bond donors (Lipinski definition) is 1. The van der Waals surface area contributed by atoms with E-state index in [-0.39, 0.29) is 18.0 Å². The van der Waals surface area contributed by atoms with Gasteiger partial charge >= 0.3 is 5.97 Å². The Balaban J connectivity index is 2.12. The lowest BCUT2D eigenvalue weighted by atomic mass is 9.64. The van der Waals surface area contributed by atoms with E-state index in [1.165, 1.54) is 0 Å². The Morgan fingerprint density at radius 2 is 1.42 bits per heavy atom. The van der Waals surface area contributed by atoms with Gasteiger partial charge in [0.1, 0.15) is 11.5 Å². The molecule has 3 rings (SSSR count). The summed E-state index contributed by atoms with van der Waals surface area (Å²) in [4.78, 5) is 37.3. The molecule has 0 aromatic carbocycles. The van der Waals surface area contributed by atoms with E-state index in [9.17, 15) is 19.5 Å². The summed E-state index contributed by atoms with van der Waals surface area (Å²) in [5, 5.41) is 9.37. The Morgan fingerprint density at radius 1 is 1.00 bits per heavy atom. The highest BCUT2D eigenvalue weighted by Crippen LogP contribution is 2.50. The predicted molar refractivity (Wildman–Crippen MR) is 86.9 cm³/mol. The molecule has 5 heteroatoms. The van der Waals surface area contributed by atoms with Crippen molar-refractivity contribution < 1.29 is 24.2 Å². The zero-order valence-corrected chi connectivity index (χ0v) is 14.7. The number of ether oxygens (including phenoxy) is 1. The third kappa shape index (κ3) is 2.50. The van der Waals surface area contributed by atoms with Gasteiger partial charge in [0.25, 0.3) is 0 Å². The average Bonchev–Trinajstić information content (AvgIpc) is 2.47. The van der Waals surface area contributed by atoms with Crippen LogP contribution in [0.5, 0.6) is 0 Å². The molecule has 0 radical (unpaired) electrons. The molecule has 1 aliphatic heterocycles. The van der Waals surface area contributed by atoms with Gasteiger partial charge in [0.15, 0.2) is 11.6 Å². The molecule has 0 saturated carbocycles. The van der Waals surface area contributed by atoms with Crippen LogP contribution < -0.4 is 0 Å². The van der Waals surface area contributed by atoms with Crippen molar-refractivity contribution in [2.45, 2.75) is 59.8 Å². The van der Waals surface area contributed by atoms with Gasteiger partial charge in [-0.25, -0.2) is 0 Å². The number of carbonyl (C=O) groups excluding carboxylic acids is 2. The summed E-state index contributed by atoms with van der Waals surface area (Å²) in [5.74, 6) is -0.697. The summed E-state index contributed by atoms with van der Waals surface area (Å²) in [7, 11) is 0. The summed E-state index contributed by atoms with van der Waals surface area (Å²) in [5.41, 5.74) is -0.272. The van der Waals surface area contributed by atoms with E-state index in [4.69, 9.17) is 4.74 Å². The molecule has 3 aliphatic rings. The minimum atomic E-state index is -1.01. The molecule has 0 saturated heterocycles. The fraction of sp³-hybridized carbons (Fsp3) is 0.632. The second-order valence-electron chi connectivity index (χ2n) is 8.35. The molecule has 0 aromatic heterocycles. The van der Waals surface area contributed by atoms with Gasteiger partial charge in [0.05, 0.1) is 6.42 Å². The number of Topliss-reactive ketones (excluding diaryl/α,β-unsaturated/α-hetero) is 2. The predicted octanol–water partition coefficient (Wildman–Crippen LogP) is 3.39. The molecular weight excluding hydrogens is 308 g/mol. The van der Waals surface area contributed by atoms with Crippen LogP contribution in [0.25, 0.3) is 0 Å². The first kappa shape index (κ1) is 16.9. The van der Waals surface area contributed by atoms with Crippen molar-refractivity contribution >= 4 is 17.5 Å². The van der Waals surface area contributed by atoms with Gasteiger partial charge in [-0.2, -0.15) is 0 Å². The standard InChI is InChI=1S/C19H24O5/c1-18(2)7-5-11-14(16(18)22)10(9-13(20)21)15-12(24-11)6-8-19(3,4)17(15)23/h10H,5-9H2,1-4H3,(H,20,21). The number of carboxylic acid groups (broad SMARTS) is 1. The zero-order valence-electron chi connectivity index (χ0n) is 14.7. The quantitative estimate of drug-likeness (QED) is 0.838. The smallest absolute Gasteiger partial charge is 0.304 e. The molecule has 0 atom stereocenters. The molecule has 130 valence electrons.